The van der Waals surface area contributed by atoms with E-state index in [9.17, 15) is 20.0 Å². The lowest BCUT2D eigenvalue weighted by Gasteiger charge is -2.04. The van der Waals surface area contributed by atoms with E-state index < -0.39 is 22.3 Å². The molecule has 1 heterocycles. The Bertz CT molecular complexity index is 1030. The van der Waals surface area contributed by atoms with Gasteiger partial charge in [-0.3, -0.25) is 20.0 Å². The van der Waals surface area contributed by atoms with Crippen molar-refractivity contribution in [2.75, 3.05) is 5.32 Å². The Hall–Kier alpha value is -4.21. The summed E-state index contributed by atoms with van der Waals surface area (Å²) in [6.45, 7) is 0. The number of H-pyrrole nitrogens is 1. The van der Waals surface area contributed by atoms with Crippen LogP contribution < -0.4 is 11.1 Å². The molecule has 10 nitrogen and oxygen atoms in total. The first-order valence-corrected chi connectivity index (χ1v) is 7.67. The average molecular weight is 366 g/mol. The number of primary amides is 1. The van der Waals surface area contributed by atoms with Crippen LogP contribution in [0.4, 0.5) is 23.0 Å². The SMILES string of the molecule is NC(=O)c1c(N=Cc2ccc(O)c([N+](=O)[O-])c2)n[nH]c1Nc1ccccc1. The third-order valence-electron chi connectivity index (χ3n) is 3.57. The first kappa shape index (κ1) is 17.6. The number of hydrogen-bond acceptors (Lipinski definition) is 7. The number of amides is 1. The van der Waals surface area contributed by atoms with Crippen LogP contribution in [0.25, 0.3) is 0 Å². The molecule has 0 fully saturated rings. The number of nitro groups is 1. The Labute approximate surface area is 152 Å². The Kier molecular flexibility index (Phi) is 4.79. The summed E-state index contributed by atoms with van der Waals surface area (Å²) < 4.78 is 0. The van der Waals surface area contributed by atoms with Crippen LogP contribution in [0.2, 0.25) is 0 Å². The van der Waals surface area contributed by atoms with E-state index in [1.807, 2.05) is 18.2 Å². The minimum atomic E-state index is -0.744. The van der Waals surface area contributed by atoms with Gasteiger partial charge in [-0.2, -0.15) is 5.10 Å². The normalized spacial score (nSPS) is 10.8. The summed E-state index contributed by atoms with van der Waals surface area (Å²) in [5, 5.41) is 30.0. The Morgan fingerprint density at radius 1 is 1.30 bits per heavy atom. The molecule has 3 rings (SSSR count). The molecule has 1 aromatic heterocycles. The molecule has 0 aliphatic carbocycles. The van der Waals surface area contributed by atoms with Crippen LogP contribution in [-0.2, 0) is 0 Å². The van der Waals surface area contributed by atoms with Crippen LogP contribution in [0.15, 0.2) is 53.5 Å². The van der Waals surface area contributed by atoms with E-state index in [0.717, 1.165) is 6.07 Å². The molecule has 0 atom stereocenters. The fourth-order valence-corrected chi connectivity index (χ4v) is 2.32. The van der Waals surface area contributed by atoms with Gasteiger partial charge in [0.1, 0.15) is 11.4 Å². The molecule has 2 aromatic carbocycles. The Morgan fingerprint density at radius 2 is 2.04 bits per heavy atom. The number of nitro benzene ring substituents is 1. The van der Waals surface area contributed by atoms with Crippen molar-refractivity contribution in [2.24, 2.45) is 10.7 Å². The molecule has 136 valence electrons. The van der Waals surface area contributed by atoms with Crippen molar-refractivity contribution < 1.29 is 14.8 Å². The molecule has 0 aliphatic heterocycles. The molecule has 0 unspecified atom stereocenters. The minimum Gasteiger partial charge on any atom is -0.502 e. The zero-order chi connectivity index (χ0) is 19.4. The fraction of sp³-hybridized carbons (Fsp3) is 0. The van der Waals surface area contributed by atoms with Gasteiger partial charge in [0.05, 0.1) is 4.92 Å². The zero-order valence-corrected chi connectivity index (χ0v) is 13.8. The average Bonchev–Trinajstić information content (AvgIpc) is 3.04. The highest BCUT2D eigenvalue weighted by molar-refractivity contribution is 6.03. The van der Waals surface area contributed by atoms with Gasteiger partial charge in [-0.25, -0.2) is 4.99 Å². The number of nitrogens with two attached hydrogens (primary N) is 1. The predicted molar refractivity (Wildman–Crippen MR) is 98.8 cm³/mol. The maximum atomic E-state index is 11.8. The first-order valence-electron chi connectivity index (χ1n) is 7.67. The van der Waals surface area contributed by atoms with E-state index in [0.29, 0.717) is 11.3 Å². The summed E-state index contributed by atoms with van der Waals surface area (Å²) in [6.07, 6.45) is 1.28. The molecule has 0 saturated carbocycles. The molecule has 3 aromatic rings. The highest BCUT2D eigenvalue weighted by Gasteiger charge is 2.18. The van der Waals surface area contributed by atoms with Crippen LogP contribution >= 0.6 is 0 Å². The summed E-state index contributed by atoms with van der Waals surface area (Å²) in [5.41, 5.74) is 6.08. The molecule has 10 heteroatoms. The number of benzene rings is 2. The van der Waals surface area contributed by atoms with Crippen molar-refractivity contribution in [1.29, 1.82) is 0 Å². The summed E-state index contributed by atoms with van der Waals surface area (Å²) >= 11 is 0. The topological polar surface area (TPSA) is 160 Å². The number of aromatic amines is 1. The van der Waals surface area contributed by atoms with Gasteiger partial charge in [-0.1, -0.05) is 18.2 Å². The lowest BCUT2D eigenvalue weighted by Crippen LogP contribution is -2.12. The highest BCUT2D eigenvalue weighted by atomic mass is 16.6. The number of rotatable bonds is 6. The zero-order valence-electron chi connectivity index (χ0n) is 13.8. The lowest BCUT2D eigenvalue weighted by atomic mass is 10.2. The largest absolute Gasteiger partial charge is 0.502 e. The number of para-hydroxylation sites is 1. The van der Waals surface area contributed by atoms with Gasteiger partial charge in [-0.15, -0.1) is 0 Å². The third kappa shape index (κ3) is 3.90. The second kappa shape index (κ2) is 7.35. The molecule has 27 heavy (non-hydrogen) atoms. The Balaban J connectivity index is 1.91. The van der Waals surface area contributed by atoms with Crippen molar-refractivity contribution in [3.05, 3.63) is 69.8 Å². The number of hydrogen-bond donors (Lipinski definition) is 4. The van der Waals surface area contributed by atoms with Crippen molar-refractivity contribution in [3.8, 4) is 5.75 Å². The summed E-state index contributed by atoms with van der Waals surface area (Å²) in [7, 11) is 0. The highest BCUT2D eigenvalue weighted by Crippen LogP contribution is 2.28. The number of aromatic hydroxyl groups is 1. The van der Waals surface area contributed by atoms with Gasteiger partial charge in [-0.05, 0) is 29.8 Å². The first-order chi connectivity index (χ1) is 13.0. The minimum absolute atomic E-state index is 0.0247. The van der Waals surface area contributed by atoms with Crippen molar-refractivity contribution in [3.63, 3.8) is 0 Å². The van der Waals surface area contributed by atoms with Crippen LogP contribution in [0.5, 0.6) is 5.75 Å². The lowest BCUT2D eigenvalue weighted by molar-refractivity contribution is -0.385. The quantitative estimate of drug-likeness (QED) is 0.298. The van der Waals surface area contributed by atoms with E-state index in [2.05, 4.69) is 20.5 Å². The van der Waals surface area contributed by atoms with Gasteiger partial charge < -0.3 is 16.2 Å². The summed E-state index contributed by atoms with van der Waals surface area (Å²) in [4.78, 5) is 26.1. The third-order valence-corrected chi connectivity index (χ3v) is 3.57. The molecule has 1 amide bonds. The maximum absolute atomic E-state index is 11.8. The number of phenols is 1. The van der Waals surface area contributed by atoms with Crippen LogP contribution in [0.3, 0.4) is 0 Å². The van der Waals surface area contributed by atoms with E-state index in [-0.39, 0.29) is 17.2 Å². The number of carbonyl (C=O) groups is 1. The number of phenolic OH excluding ortho intramolecular Hbond substituents is 1. The molecule has 5 N–H and O–H groups in total. The van der Waals surface area contributed by atoms with Crippen LogP contribution in [-0.4, -0.2) is 32.3 Å². The van der Waals surface area contributed by atoms with E-state index in [1.165, 1.54) is 18.3 Å². The monoisotopic (exact) mass is 366 g/mol. The predicted octanol–water partition coefficient (Wildman–Crippen LogP) is 2.62. The number of aliphatic imine (C=N–C) groups is 1. The van der Waals surface area contributed by atoms with Gasteiger partial charge in [0.15, 0.2) is 11.6 Å². The number of nitrogens with zero attached hydrogens (tertiary/aromatic N) is 3. The van der Waals surface area contributed by atoms with Gasteiger partial charge in [0.25, 0.3) is 5.91 Å². The number of nitrogens with one attached hydrogen (secondary N) is 2. The Morgan fingerprint density at radius 3 is 2.70 bits per heavy atom. The number of anilines is 2. The van der Waals surface area contributed by atoms with Gasteiger partial charge in [0.2, 0.25) is 0 Å². The number of carbonyl (C=O) groups excluding carboxylic acids is 1. The molecule has 0 spiro atoms. The van der Waals surface area contributed by atoms with Gasteiger partial charge >= 0.3 is 5.69 Å². The molecular formula is C17H14N6O4. The van der Waals surface area contributed by atoms with Crippen LogP contribution in [0.1, 0.15) is 15.9 Å². The van der Waals surface area contributed by atoms with Gasteiger partial charge in [0, 0.05) is 18.0 Å². The van der Waals surface area contributed by atoms with Crippen molar-refractivity contribution >= 4 is 35.1 Å². The standard InChI is InChI=1S/C17H14N6O4/c18-15(25)14-16(21-22-17(14)20-11-4-2-1-3-5-11)19-9-10-6-7-13(24)12(8-10)23(26)27/h1-9,24H,(H2,18,25)(H2,20,21,22). The fourth-order valence-electron chi connectivity index (χ4n) is 2.32. The maximum Gasteiger partial charge on any atom is 0.311 e. The van der Waals surface area contributed by atoms with E-state index in [1.54, 1.807) is 12.1 Å². The van der Waals surface area contributed by atoms with Crippen molar-refractivity contribution in [1.82, 2.24) is 10.2 Å². The van der Waals surface area contributed by atoms with E-state index in [4.69, 9.17) is 5.73 Å². The van der Waals surface area contributed by atoms with E-state index >= 15 is 0 Å². The number of aromatic nitrogens is 2. The molecule has 0 bridgehead atoms. The smallest absolute Gasteiger partial charge is 0.311 e. The van der Waals surface area contributed by atoms with Crippen LogP contribution in [0, 0.1) is 10.1 Å². The molecular weight excluding hydrogens is 352 g/mol. The van der Waals surface area contributed by atoms with Crippen molar-refractivity contribution in [2.45, 2.75) is 0 Å². The second-order valence-electron chi connectivity index (χ2n) is 5.42. The molecule has 0 radical (unpaired) electrons. The summed E-state index contributed by atoms with van der Waals surface area (Å²) in [5.74, 6) is -0.899. The second-order valence-corrected chi connectivity index (χ2v) is 5.42. The summed E-state index contributed by atoms with van der Waals surface area (Å²) in [6, 6.07) is 12.8. The molecule has 0 aliphatic rings. The molecule has 0 saturated heterocycles.